The maximum absolute atomic E-state index is 11.7. The SMILES string of the molecule is Cc1nc2ccc(N3C[C@@H](C)O[C@@H](C)C3)cc2nc1NCCCCNC(=O)OC(C)(C)C. The van der Waals surface area contributed by atoms with Gasteiger partial charge in [0.15, 0.2) is 0 Å². The van der Waals surface area contributed by atoms with E-state index in [4.69, 9.17) is 19.4 Å². The van der Waals surface area contributed by atoms with E-state index >= 15 is 0 Å². The second-order valence-electron chi connectivity index (χ2n) is 9.56. The first-order chi connectivity index (χ1) is 15.1. The van der Waals surface area contributed by atoms with Crippen molar-refractivity contribution in [2.75, 3.05) is 36.4 Å². The van der Waals surface area contributed by atoms with E-state index in [1.807, 2.05) is 33.8 Å². The molecule has 8 heteroatoms. The lowest BCUT2D eigenvalue weighted by Gasteiger charge is -2.36. The highest BCUT2D eigenvalue weighted by Gasteiger charge is 2.22. The lowest BCUT2D eigenvalue weighted by atomic mass is 10.2. The normalized spacial score (nSPS) is 19.1. The minimum Gasteiger partial charge on any atom is -0.444 e. The third-order valence-electron chi connectivity index (χ3n) is 5.17. The third-order valence-corrected chi connectivity index (χ3v) is 5.17. The number of morpholine rings is 1. The van der Waals surface area contributed by atoms with Crippen molar-refractivity contribution in [3.05, 3.63) is 23.9 Å². The molecule has 0 bridgehead atoms. The second-order valence-corrected chi connectivity index (χ2v) is 9.56. The van der Waals surface area contributed by atoms with Crippen molar-refractivity contribution in [3.63, 3.8) is 0 Å². The molecule has 1 fully saturated rings. The molecular formula is C24H37N5O3. The van der Waals surface area contributed by atoms with Crippen LogP contribution in [-0.2, 0) is 9.47 Å². The Labute approximate surface area is 191 Å². The van der Waals surface area contributed by atoms with E-state index in [1.54, 1.807) is 0 Å². The molecule has 0 spiro atoms. The molecule has 2 atom stereocenters. The highest BCUT2D eigenvalue weighted by atomic mass is 16.6. The number of amides is 1. The predicted octanol–water partition coefficient (Wildman–Crippen LogP) is 4.27. The van der Waals surface area contributed by atoms with Gasteiger partial charge in [0.1, 0.15) is 11.4 Å². The summed E-state index contributed by atoms with van der Waals surface area (Å²) >= 11 is 0. The number of hydrogen-bond donors (Lipinski definition) is 2. The van der Waals surface area contributed by atoms with Crippen molar-refractivity contribution < 1.29 is 14.3 Å². The monoisotopic (exact) mass is 443 g/mol. The molecule has 1 saturated heterocycles. The minimum atomic E-state index is -0.476. The molecule has 1 aliphatic heterocycles. The zero-order valence-electron chi connectivity index (χ0n) is 20.2. The van der Waals surface area contributed by atoms with Crippen LogP contribution in [0.2, 0.25) is 0 Å². The summed E-state index contributed by atoms with van der Waals surface area (Å²) in [5.41, 5.74) is 3.33. The highest BCUT2D eigenvalue weighted by molar-refractivity contribution is 5.80. The standard InChI is InChI=1S/C24H37N5O3/c1-16-14-29(15-17(2)31-16)19-9-10-20-21(13-19)28-22(18(3)27-20)25-11-7-8-12-26-23(30)32-24(4,5)6/h9-10,13,16-17H,7-8,11-12,14-15H2,1-6H3,(H,25,28)(H,26,30)/t16-,17+. The maximum Gasteiger partial charge on any atom is 0.407 e. The van der Waals surface area contributed by atoms with E-state index < -0.39 is 5.60 Å². The summed E-state index contributed by atoms with van der Waals surface area (Å²) in [5, 5.41) is 6.18. The number of aryl methyl sites for hydroxylation is 1. The first-order valence-corrected chi connectivity index (χ1v) is 11.5. The van der Waals surface area contributed by atoms with Gasteiger partial charge in [0.25, 0.3) is 0 Å². The number of unbranched alkanes of at least 4 members (excludes halogenated alkanes) is 1. The van der Waals surface area contributed by atoms with E-state index in [0.29, 0.717) is 6.54 Å². The number of aromatic nitrogens is 2. The lowest BCUT2D eigenvalue weighted by molar-refractivity contribution is -0.00521. The number of carbonyl (C=O) groups excluding carboxylic acids is 1. The summed E-state index contributed by atoms with van der Waals surface area (Å²) < 4.78 is 11.1. The molecular weight excluding hydrogens is 406 g/mol. The minimum absolute atomic E-state index is 0.209. The summed E-state index contributed by atoms with van der Waals surface area (Å²) in [6.45, 7) is 14.8. The van der Waals surface area contributed by atoms with Crippen LogP contribution in [0.1, 0.15) is 53.2 Å². The lowest BCUT2D eigenvalue weighted by Crippen LogP contribution is -2.45. The Bertz CT molecular complexity index is 918. The highest BCUT2D eigenvalue weighted by Crippen LogP contribution is 2.25. The van der Waals surface area contributed by atoms with Crippen molar-refractivity contribution >= 4 is 28.6 Å². The van der Waals surface area contributed by atoms with Crippen LogP contribution in [0, 0.1) is 6.92 Å². The summed E-state index contributed by atoms with van der Waals surface area (Å²) in [6, 6.07) is 6.27. The van der Waals surface area contributed by atoms with Gasteiger partial charge in [0.05, 0.1) is 28.9 Å². The summed E-state index contributed by atoms with van der Waals surface area (Å²) in [5.74, 6) is 0.804. The number of fused-ring (bicyclic) bond motifs is 1. The van der Waals surface area contributed by atoms with Gasteiger partial charge in [-0.05, 0) is 72.6 Å². The van der Waals surface area contributed by atoms with Crippen molar-refractivity contribution in [2.45, 2.75) is 72.2 Å². The molecule has 32 heavy (non-hydrogen) atoms. The van der Waals surface area contributed by atoms with E-state index in [1.165, 1.54) is 0 Å². The first-order valence-electron chi connectivity index (χ1n) is 11.5. The zero-order valence-corrected chi connectivity index (χ0v) is 20.2. The fraction of sp³-hybridized carbons (Fsp3) is 0.625. The smallest absolute Gasteiger partial charge is 0.407 e. The van der Waals surface area contributed by atoms with Gasteiger partial charge in [-0.25, -0.2) is 14.8 Å². The number of carbonyl (C=O) groups is 1. The molecule has 2 N–H and O–H groups in total. The van der Waals surface area contributed by atoms with E-state index in [-0.39, 0.29) is 18.3 Å². The van der Waals surface area contributed by atoms with Crippen LogP contribution in [0.3, 0.4) is 0 Å². The molecule has 1 aromatic heterocycles. The number of nitrogens with one attached hydrogen (secondary N) is 2. The topological polar surface area (TPSA) is 88.6 Å². The van der Waals surface area contributed by atoms with Crippen molar-refractivity contribution in [1.82, 2.24) is 15.3 Å². The van der Waals surface area contributed by atoms with Gasteiger partial charge in [-0.2, -0.15) is 0 Å². The Morgan fingerprint density at radius 1 is 1.12 bits per heavy atom. The summed E-state index contributed by atoms with van der Waals surface area (Å²) in [7, 11) is 0. The molecule has 176 valence electrons. The Balaban J connectivity index is 1.54. The quantitative estimate of drug-likeness (QED) is 0.618. The average Bonchev–Trinajstić information content (AvgIpc) is 2.68. The summed E-state index contributed by atoms with van der Waals surface area (Å²) in [4.78, 5) is 23.6. The molecule has 0 saturated carbocycles. The van der Waals surface area contributed by atoms with Gasteiger partial charge in [0.2, 0.25) is 0 Å². The number of benzene rings is 1. The van der Waals surface area contributed by atoms with Crippen molar-refractivity contribution in [2.24, 2.45) is 0 Å². The zero-order chi connectivity index (χ0) is 23.3. The Morgan fingerprint density at radius 3 is 2.50 bits per heavy atom. The number of alkyl carbamates (subject to hydrolysis) is 1. The Kier molecular flexibility index (Phi) is 7.77. The maximum atomic E-state index is 11.7. The van der Waals surface area contributed by atoms with Crippen LogP contribution >= 0.6 is 0 Å². The van der Waals surface area contributed by atoms with E-state index in [0.717, 1.165) is 60.7 Å². The number of anilines is 2. The molecule has 1 aliphatic rings. The van der Waals surface area contributed by atoms with Gasteiger partial charge in [-0.15, -0.1) is 0 Å². The van der Waals surface area contributed by atoms with Crippen LogP contribution in [0.15, 0.2) is 18.2 Å². The number of hydrogen-bond acceptors (Lipinski definition) is 7. The van der Waals surface area contributed by atoms with Gasteiger partial charge in [-0.3, -0.25) is 0 Å². The largest absolute Gasteiger partial charge is 0.444 e. The van der Waals surface area contributed by atoms with Gasteiger partial charge in [-0.1, -0.05) is 0 Å². The molecule has 1 aromatic carbocycles. The van der Waals surface area contributed by atoms with Crippen LogP contribution < -0.4 is 15.5 Å². The van der Waals surface area contributed by atoms with Crippen LogP contribution in [-0.4, -0.2) is 60.0 Å². The van der Waals surface area contributed by atoms with Gasteiger partial charge >= 0.3 is 6.09 Å². The molecule has 1 amide bonds. The molecule has 0 unspecified atom stereocenters. The molecule has 3 rings (SSSR count). The molecule has 0 aliphatic carbocycles. The van der Waals surface area contributed by atoms with Crippen molar-refractivity contribution in [3.8, 4) is 0 Å². The van der Waals surface area contributed by atoms with Crippen LogP contribution in [0.4, 0.5) is 16.3 Å². The van der Waals surface area contributed by atoms with Gasteiger partial charge in [0, 0.05) is 31.9 Å². The molecule has 2 heterocycles. The van der Waals surface area contributed by atoms with Gasteiger partial charge < -0.3 is 25.0 Å². The fourth-order valence-electron chi connectivity index (χ4n) is 3.85. The first kappa shape index (κ1) is 24.0. The van der Waals surface area contributed by atoms with Crippen molar-refractivity contribution in [1.29, 1.82) is 0 Å². The molecule has 2 aromatic rings. The third kappa shape index (κ3) is 6.95. The van der Waals surface area contributed by atoms with E-state index in [2.05, 4.69) is 41.5 Å². The Morgan fingerprint density at radius 2 is 1.81 bits per heavy atom. The predicted molar refractivity (Wildman–Crippen MR) is 128 cm³/mol. The molecule has 0 radical (unpaired) electrons. The van der Waals surface area contributed by atoms with Crippen LogP contribution in [0.25, 0.3) is 11.0 Å². The number of ether oxygens (including phenoxy) is 2. The van der Waals surface area contributed by atoms with E-state index in [9.17, 15) is 4.79 Å². The average molecular weight is 444 g/mol. The number of nitrogens with zero attached hydrogens (tertiary/aromatic N) is 3. The number of rotatable bonds is 7. The summed E-state index contributed by atoms with van der Waals surface area (Å²) in [6.07, 6.45) is 1.80. The van der Waals surface area contributed by atoms with Crippen LogP contribution in [0.5, 0.6) is 0 Å². The fourth-order valence-corrected chi connectivity index (χ4v) is 3.85. The Hall–Kier alpha value is -2.61. The molecule has 8 nitrogen and oxygen atoms in total. The second kappa shape index (κ2) is 10.3.